The van der Waals surface area contributed by atoms with Crippen LogP contribution in [0.2, 0.25) is 0 Å². The number of hydrogen-bond acceptors (Lipinski definition) is 5. The van der Waals surface area contributed by atoms with E-state index >= 15 is 0 Å². The highest BCUT2D eigenvalue weighted by molar-refractivity contribution is 5.87. The lowest BCUT2D eigenvalue weighted by Gasteiger charge is -2.00. The van der Waals surface area contributed by atoms with Crippen LogP contribution in [0.4, 0.5) is 5.82 Å². The monoisotopic (exact) mass is 309 g/mol. The SMILES string of the molecule is CC(=O)Nc1cnc(C#Cc2ccc(CC(=O)NN)cc2)cn1. The molecule has 0 unspecified atom stereocenters. The molecule has 1 aromatic carbocycles. The normalized spacial score (nSPS) is 9.48. The molecule has 1 aromatic heterocycles. The van der Waals surface area contributed by atoms with Gasteiger partial charge in [-0.3, -0.25) is 15.0 Å². The van der Waals surface area contributed by atoms with Crippen LogP contribution >= 0.6 is 0 Å². The lowest BCUT2D eigenvalue weighted by Crippen LogP contribution is -2.31. The fourth-order valence-electron chi connectivity index (χ4n) is 1.72. The number of aromatic nitrogens is 2. The predicted molar refractivity (Wildman–Crippen MR) is 84.8 cm³/mol. The van der Waals surface area contributed by atoms with Crippen molar-refractivity contribution < 1.29 is 9.59 Å². The van der Waals surface area contributed by atoms with E-state index < -0.39 is 0 Å². The average molecular weight is 309 g/mol. The van der Waals surface area contributed by atoms with Crippen molar-refractivity contribution in [3.8, 4) is 11.8 Å². The number of nitrogens with one attached hydrogen (secondary N) is 2. The van der Waals surface area contributed by atoms with Crippen LogP contribution in [0.15, 0.2) is 36.7 Å². The molecule has 0 spiro atoms. The number of amides is 2. The number of nitrogens with two attached hydrogens (primary N) is 1. The Balaban J connectivity index is 2.03. The second-order valence-corrected chi connectivity index (χ2v) is 4.66. The van der Waals surface area contributed by atoms with Crippen LogP contribution < -0.4 is 16.6 Å². The van der Waals surface area contributed by atoms with Crippen molar-refractivity contribution in [1.29, 1.82) is 0 Å². The van der Waals surface area contributed by atoms with Crippen LogP contribution in [-0.4, -0.2) is 21.8 Å². The highest BCUT2D eigenvalue weighted by Crippen LogP contribution is 2.05. The Labute approximate surface area is 133 Å². The minimum absolute atomic E-state index is 0.207. The quantitative estimate of drug-likeness (QED) is 0.328. The molecule has 0 aliphatic rings. The number of benzene rings is 1. The van der Waals surface area contributed by atoms with Gasteiger partial charge in [0.15, 0.2) is 5.82 Å². The van der Waals surface area contributed by atoms with Gasteiger partial charge in [-0.2, -0.15) is 0 Å². The summed E-state index contributed by atoms with van der Waals surface area (Å²) in [4.78, 5) is 30.2. The first-order valence-electron chi connectivity index (χ1n) is 6.77. The average Bonchev–Trinajstić information content (AvgIpc) is 2.55. The lowest BCUT2D eigenvalue weighted by molar-refractivity contribution is -0.120. The molecule has 116 valence electrons. The summed E-state index contributed by atoms with van der Waals surface area (Å²) in [6, 6.07) is 7.24. The van der Waals surface area contributed by atoms with Gasteiger partial charge in [-0.25, -0.2) is 15.8 Å². The molecule has 2 rings (SSSR count). The molecule has 0 aliphatic heterocycles. The number of hydrazine groups is 1. The second kappa shape index (κ2) is 7.68. The van der Waals surface area contributed by atoms with Gasteiger partial charge in [0.1, 0.15) is 5.69 Å². The topological polar surface area (TPSA) is 110 Å². The van der Waals surface area contributed by atoms with Crippen molar-refractivity contribution in [3.05, 3.63) is 53.5 Å². The summed E-state index contributed by atoms with van der Waals surface area (Å²) >= 11 is 0. The highest BCUT2D eigenvalue weighted by Gasteiger charge is 2.00. The molecule has 4 N–H and O–H groups in total. The molecule has 7 heteroatoms. The molecule has 1 heterocycles. The molecule has 2 amide bonds. The Bertz CT molecular complexity index is 758. The molecule has 0 bridgehead atoms. The van der Waals surface area contributed by atoms with Gasteiger partial charge >= 0.3 is 0 Å². The van der Waals surface area contributed by atoms with E-state index in [-0.39, 0.29) is 18.2 Å². The summed E-state index contributed by atoms with van der Waals surface area (Å²) in [6.07, 6.45) is 3.15. The van der Waals surface area contributed by atoms with E-state index in [0.717, 1.165) is 11.1 Å². The minimum atomic E-state index is -0.252. The van der Waals surface area contributed by atoms with Gasteiger partial charge in [0.05, 0.1) is 18.8 Å². The summed E-state index contributed by atoms with van der Waals surface area (Å²) < 4.78 is 0. The van der Waals surface area contributed by atoms with Crippen molar-refractivity contribution in [2.45, 2.75) is 13.3 Å². The number of hydrogen-bond donors (Lipinski definition) is 3. The summed E-state index contributed by atoms with van der Waals surface area (Å²) in [6.45, 7) is 1.40. The van der Waals surface area contributed by atoms with E-state index in [1.165, 1.54) is 19.3 Å². The lowest BCUT2D eigenvalue weighted by atomic mass is 10.1. The Morgan fingerprint density at radius 1 is 1.13 bits per heavy atom. The van der Waals surface area contributed by atoms with Gasteiger partial charge in [-0.15, -0.1) is 0 Å². The Morgan fingerprint density at radius 2 is 1.87 bits per heavy atom. The summed E-state index contributed by atoms with van der Waals surface area (Å²) in [5.74, 6) is 10.8. The smallest absolute Gasteiger partial charge is 0.238 e. The fraction of sp³-hybridized carbons (Fsp3) is 0.125. The van der Waals surface area contributed by atoms with Crippen molar-refractivity contribution >= 4 is 17.6 Å². The molecule has 2 aromatic rings. The molecule has 0 radical (unpaired) electrons. The van der Waals surface area contributed by atoms with Crippen molar-refractivity contribution in [2.24, 2.45) is 5.84 Å². The van der Waals surface area contributed by atoms with Crippen molar-refractivity contribution in [1.82, 2.24) is 15.4 Å². The Kier molecular flexibility index (Phi) is 5.39. The zero-order valence-electron chi connectivity index (χ0n) is 12.5. The molecule has 0 saturated carbocycles. The van der Waals surface area contributed by atoms with Gasteiger partial charge in [-0.1, -0.05) is 18.1 Å². The standard InChI is InChI=1S/C16H15N5O2/c1-11(22)20-15-10-18-14(9-19-15)7-6-12-2-4-13(5-3-12)8-16(23)21-17/h2-5,9-10H,8,17H2,1H3,(H,21,23)(H,19,20,22). The molecule has 23 heavy (non-hydrogen) atoms. The molecule has 0 saturated heterocycles. The van der Waals surface area contributed by atoms with Gasteiger partial charge in [0.2, 0.25) is 11.8 Å². The van der Waals surface area contributed by atoms with Gasteiger partial charge < -0.3 is 5.32 Å². The number of carbonyl (C=O) groups is 2. The van der Waals surface area contributed by atoms with Crippen LogP contribution in [-0.2, 0) is 16.0 Å². The number of rotatable bonds is 3. The molecule has 0 aliphatic carbocycles. The third-order valence-corrected chi connectivity index (χ3v) is 2.77. The molecular formula is C16H15N5O2. The van der Waals surface area contributed by atoms with Gasteiger partial charge in [0, 0.05) is 12.5 Å². The molecule has 0 atom stereocenters. The van der Waals surface area contributed by atoms with Crippen molar-refractivity contribution in [2.75, 3.05) is 5.32 Å². The van der Waals surface area contributed by atoms with Crippen LogP contribution in [0.25, 0.3) is 0 Å². The van der Waals surface area contributed by atoms with E-state index in [1.54, 1.807) is 0 Å². The summed E-state index contributed by atoms with van der Waals surface area (Å²) in [5, 5.41) is 2.53. The zero-order chi connectivity index (χ0) is 16.7. The van der Waals surface area contributed by atoms with Gasteiger partial charge in [0.25, 0.3) is 0 Å². The molecular weight excluding hydrogens is 294 g/mol. The molecule has 0 fully saturated rings. The number of anilines is 1. The van der Waals surface area contributed by atoms with Crippen LogP contribution in [0.1, 0.15) is 23.7 Å². The van der Waals surface area contributed by atoms with E-state index in [1.807, 2.05) is 24.3 Å². The van der Waals surface area contributed by atoms with E-state index in [0.29, 0.717) is 11.5 Å². The minimum Gasteiger partial charge on any atom is -0.310 e. The first kappa shape index (κ1) is 16.1. The van der Waals surface area contributed by atoms with Crippen LogP contribution in [0, 0.1) is 11.8 Å². The number of nitrogens with zero attached hydrogens (tertiary/aromatic N) is 2. The maximum absolute atomic E-state index is 11.2. The Hall–Kier alpha value is -3.24. The molecule has 7 nitrogen and oxygen atoms in total. The summed E-state index contributed by atoms with van der Waals surface area (Å²) in [7, 11) is 0. The van der Waals surface area contributed by atoms with Crippen LogP contribution in [0.3, 0.4) is 0 Å². The summed E-state index contributed by atoms with van der Waals surface area (Å²) in [5.41, 5.74) is 4.21. The second-order valence-electron chi connectivity index (χ2n) is 4.66. The largest absolute Gasteiger partial charge is 0.310 e. The number of carbonyl (C=O) groups excluding carboxylic acids is 2. The maximum Gasteiger partial charge on any atom is 0.238 e. The van der Waals surface area contributed by atoms with E-state index in [4.69, 9.17) is 5.84 Å². The third kappa shape index (κ3) is 5.22. The first-order chi connectivity index (χ1) is 11.1. The van der Waals surface area contributed by atoms with Crippen LogP contribution in [0.5, 0.6) is 0 Å². The first-order valence-corrected chi connectivity index (χ1v) is 6.77. The zero-order valence-corrected chi connectivity index (χ0v) is 12.5. The highest BCUT2D eigenvalue weighted by atomic mass is 16.2. The third-order valence-electron chi connectivity index (χ3n) is 2.77. The van der Waals surface area contributed by atoms with E-state index in [9.17, 15) is 9.59 Å². The fourth-order valence-corrected chi connectivity index (χ4v) is 1.72. The Morgan fingerprint density at radius 3 is 2.43 bits per heavy atom. The van der Waals surface area contributed by atoms with Crippen molar-refractivity contribution in [3.63, 3.8) is 0 Å². The van der Waals surface area contributed by atoms with E-state index in [2.05, 4.69) is 32.6 Å². The maximum atomic E-state index is 11.2. The van der Waals surface area contributed by atoms with Gasteiger partial charge in [-0.05, 0) is 23.6 Å². The predicted octanol–water partition coefficient (Wildman–Crippen LogP) is 0.367.